The van der Waals surface area contributed by atoms with Crippen molar-refractivity contribution in [2.45, 2.75) is 19.8 Å². The van der Waals surface area contributed by atoms with E-state index >= 15 is 0 Å². The average Bonchev–Trinajstić information content (AvgIpc) is 2.35. The molecule has 2 rings (SSSR count). The Hall–Kier alpha value is -1.67. The largest absolute Gasteiger partial charge is 0.237 e. The van der Waals surface area contributed by atoms with Gasteiger partial charge in [0.25, 0.3) is 0 Å². The van der Waals surface area contributed by atoms with Crippen molar-refractivity contribution >= 4 is 11.6 Å². The summed E-state index contributed by atoms with van der Waals surface area (Å²) in [5.74, 6) is 0.761. The summed E-state index contributed by atoms with van der Waals surface area (Å²) in [6, 6.07) is 10.1. The minimum Gasteiger partial charge on any atom is -0.237 e. The Labute approximate surface area is 112 Å². The number of aryl methyl sites for hydroxylation is 1. The number of allylic oxidation sites excluding steroid dienone is 1. The number of hydrogen-bond donors (Lipinski definition) is 0. The van der Waals surface area contributed by atoms with Crippen LogP contribution in [0.25, 0.3) is 0 Å². The van der Waals surface area contributed by atoms with Gasteiger partial charge in [-0.15, -0.1) is 6.58 Å². The fourth-order valence-electron chi connectivity index (χ4n) is 1.85. The van der Waals surface area contributed by atoms with Crippen LogP contribution in [0.2, 0.25) is 5.15 Å². The van der Waals surface area contributed by atoms with Gasteiger partial charge < -0.3 is 0 Å². The third-order valence-electron chi connectivity index (χ3n) is 2.76. The van der Waals surface area contributed by atoms with E-state index in [4.69, 9.17) is 11.6 Å². The van der Waals surface area contributed by atoms with Crippen LogP contribution in [0.4, 0.5) is 0 Å². The van der Waals surface area contributed by atoms with Gasteiger partial charge in [0.1, 0.15) is 11.0 Å². The maximum absolute atomic E-state index is 6.18. The van der Waals surface area contributed by atoms with Crippen molar-refractivity contribution in [3.05, 3.63) is 70.8 Å². The molecule has 0 unspecified atom stereocenters. The summed E-state index contributed by atoms with van der Waals surface area (Å²) in [5.41, 5.74) is 3.08. The number of nitrogens with zero attached hydrogens (tertiary/aromatic N) is 2. The molecule has 0 saturated heterocycles. The highest BCUT2D eigenvalue weighted by molar-refractivity contribution is 6.30. The molecule has 2 nitrogen and oxygen atoms in total. The lowest BCUT2D eigenvalue weighted by molar-refractivity contribution is 0.916. The first-order valence-electron chi connectivity index (χ1n) is 5.87. The summed E-state index contributed by atoms with van der Waals surface area (Å²) < 4.78 is 0. The number of rotatable bonds is 4. The molecule has 0 atom stereocenters. The monoisotopic (exact) mass is 258 g/mol. The second-order valence-electron chi connectivity index (χ2n) is 4.15. The molecule has 0 aliphatic rings. The molecule has 0 bridgehead atoms. The first kappa shape index (κ1) is 12.8. The van der Waals surface area contributed by atoms with Crippen LogP contribution in [-0.4, -0.2) is 9.97 Å². The van der Waals surface area contributed by atoms with Crippen LogP contribution < -0.4 is 0 Å². The molecular weight excluding hydrogens is 244 g/mol. The van der Waals surface area contributed by atoms with E-state index in [2.05, 4.69) is 28.7 Å². The van der Waals surface area contributed by atoms with Crippen LogP contribution >= 0.6 is 11.6 Å². The highest BCUT2D eigenvalue weighted by Gasteiger charge is 2.09. The van der Waals surface area contributed by atoms with Gasteiger partial charge in [-0.3, -0.25) is 0 Å². The molecule has 0 aliphatic heterocycles. The molecule has 92 valence electrons. The predicted molar refractivity (Wildman–Crippen MR) is 74.9 cm³/mol. The Balaban J connectivity index is 2.28. The van der Waals surface area contributed by atoms with E-state index in [9.17, 15) is 0 Å². The lowest BCUT2D eigenvalue weighted by Gasteiger charge is -2.08. The van der Waals surface area contributed by atoms with Crippen LogP contribution in [-0.2, 0) is 12.8 Å². The second kappa shape index (κ2) is 5.78. The van der Waals surface area contributed by atoms with Crippen LogP contribution in [0.3, 0.4) is 0 Å². The molecular formula is C15H15ClN2. The molecule has 1 aromatic carbocycles. The lowest BCUT2D eigenvalue weighted by Crippen LogP contribution is -2.03. The van der Waals surface area contributed by atoms with Gasteiger partial charge in [-0.05, 0) is 18.9 Å². The first-order valence-corrected chi connectivity index (χ1v) is 6.25. The molecule has 0 amide bonds. The SMILES string of the molecule is C=CCc1c(C)nc(Cc2ccccc2)nc1Cl. The van der Waals surface area contributed by atoms with E-state index in [1.807, 2.05) is 31.2 Å². The van der Waals surface area contributed by atoms with Crippen molar-refractivity contribution in [3.8, 4) is 0 Å². The molecule has 1 heterocycles. The predicted octanol–water partition coefficient (Wildman–Crippen LogP) is 3.76. The summed E-state index contributed by atoms with van der Waals surface area (Å²) in [4.78, 5) is 8.86. The van der Waals surface area contributed by atoms with Crippen molar-refractivity contribution < 1.29 is 0 Å². The van der Waals surface area contributed by atoms with Crippen molar-refractivity contribution in [1.29, 1.82) is 0 Å². The molecule has 0 spiro atoms. The Bertz CT molecular complexity index is 527. The van der Waals surface area contributed by atoms with Crippen LogP contribution in [0.1, 0.15) is 22.6 Å². The lowest BCUT2D eigenvalue weighted by atomic mass is 10.1. The highest BCUT2D eigenvalue weighted by atomic mass is 35.5. The van der Waals surface area contributed by atoms with E-state index in [-0.39, 0.29) is 0 Å². The zero-order chi connectivity index (χ0) is 13.0. The Kier molecular flexibility index (Phi) is 4.11. The molecule has 0 aliphatic carbocycles. The quantitative estimate of drug-likeness (QED) is 0.616. The van der Waals surface area contributed by atoms with Crippen molar-refractivity contribution in [3.63, 3.8) is 0 Å². The Morgan fingerprint density at radius 1 is 1.22 bits per heavy atom. The standard InChI is InChI=1S/C15H15ClN2/c1-3-7-13-11(2)17-14(18-15(13)16)10-12-8-5-4-6-9-12/h3-6,8-9H,1,7,10H2,2H3. The molecule has 3 heteroatoms. The third-order valence-corrected chi connectivity index (χ3v) is 3.08. The van der Waals surface area contributed by atoms with E-state index < -0.39 is 0 Å². The van der Waals surface area contributed by atoms with Gasteiger partial charge in [0, 0.05) is 17.7 Å². The summed E-state index contributed by atoms with van der Waals surface area (Å²) in [6.07, 6.45) is 3.22. The zero-order valence-corrected chi connectivity index (χ0v) is 11.1. The number of hydrogen-bond acceptors (Lipinski definition) is 2. The molecule has 0 saturated carbocycles. The normalized spacial score (nSPS) is 10.3. The average molecular weight is 259 g/mol. The van der Waals surface area contributed by atoms with Gasteiger partial charge in [0.15, 0.2) is 0 Å². The summed E-state index contributed by atoms with van der Waals surface area (Å²) >= 11 is 6.18. The first-order chi connectivity index (χ1) is 8.70. The third kappa shape index (κ3) is 2.96. The van der Waals surface area contributed by atoms with Crippen molar-refractivity contribution in [2.75, 3.05) is 0 Å². The summed E-state index contributed by atoms with van der Waals surface area (Å²) in [7, 11) is 0. The van der Waals surface area contributed by atoms with Gasteiger partial charge in [0.05, 0.1) is 0 Å². The summed E-state index contributed by atoms with van der Waals surface area (Å²) in [6.45, 7) is 5.67. The van der Waals surface area contributed by atoms with Crippen LogP contribution in [0.5, 0.6) is 0 Å². The van der Waals surface area contributed by atoms with Crippen LogP contribution in [0.15, 0.2) is 43.0 Å². The van der Waals surface area contributed by atoms with Gasteiger partial charge in [-0.2, -0.15) is 0 Å². The van der Waals surface area contributed by atoms with E-state index in [0.29, 0.717) is 18.0 Å². The van der Waals surface area contributed by atoms with Gasteiger partial charge in [-0.1, -0.05) is 48.0 Å². The van der Waals surface area contributed by atoms with E-state index in [0.717, 1.165) is 17.1 Å². The minimum absolute atomic E-state index is 0.535. The smallest absolute Gasteiger partial charge is 0.136 e. The van der Waals surface area contributed by atoms with Crippen LogP contribution in [0, 0.1) is 6.92 Å². The Morgan fingerprint density at radius 3 is 2.56 bits per heavy atom. The Morgan fingerprint density at radius 2 is 1.94 bits per heavy atom. The number of benzene rings is 1. The van der Waals surface area contributed by atoms with Crippen molar-refractivity contribution in [1.82, 2.24) is 9.97 Å². The minimum atomic E-state index is 0.535. The number of aromatic nitrogens is 2. The molecule has 0 fully saturated rings. The van der Waals surface area contributed by atoms with Crippen molar-refractivity contribution in [2.24, 2.45) is 0 Å². The fraction of sp³-hybridized carbons (Fsp3) is 0.200. The van der Waals surface area contributed by atoms with E-state index in [1.54, 1.807) is 0 Å². The maximum atomic E-state index is 6.18. The topological polar surface area (TPSA) is 25.8 Å². The van der Waals surface area contributed by atoms with Gasteiger partial charge >= 0.3 is 0 Å². The molecule has 0 radical (unpaired) electrons. The second-order valence-corrected chi connectivity index (χ2v) is 4.51. The number of halogens is 1. The van der Waals surface area contributed by atoms with Gasteiger partial charge in [0.2, 0.25) is 0 Å². The molecule has 1 aromatic heterocycles. The fourth-order valence-corrected chi connectivity index (χ4v) is 2.16. The van der Waals surface area contributed by atoms with E-state index in [1.165, 1.54) is 5.56 Å². The maximum Gasteiger partial charge on any atom is 0.136 e. The zero-order valence-electron chi connectivity index (χ0n) is 10.4. The molecule has 18 heavy (non-hydrogen) atoms. The molecule has 0 N–H and O–H groups in total. The van der Waals surface area contributed by atoms with Gasteiger partial charge in [-0.25, -0.2) is 9.97 Å². The summed E-state index contributed by atoms with van der Waals surface area (Å²) in [5, 5.41) is 0.535. The highest BCUT2D eigenvalue weighted by Crippen LogP contribution is 2.18. The molecule has 2 aromatic rings.